The molecule has 0 aromatic heterocycles. The summed E-state index contributed by atoms with van der Waals surface area (Å²) in [5.74, 6) is 0.783. The van der Waals surface area contributed by atoms with Crippen LogP contribution in [0, 0.1) is 6.92 Å². The van der Waals surface area contributed by atoms with Gasteiger partial charge < -0.3 is 15.7 Å². The van der Waals surface area contributed by atoms with E-state index in [2.05, 4.69) is 26.6 Å². The number of hydrogen-bond acceptors (Lipinski definition) is 3. The van der Waals surface area contributed by atoms with Crippen LogP contribution < -0.4 is 10.6 Å². The molecule has 1 aromatic carbocycles. The highest BCUT2D eigenvalue weighted by atomic mass is 79.9. The summed E-state index contributed by atoms with van der Waals surface area (Å²) in [5.41, 5.74) is 1.76. The maximum Gasteiger partial charge on any atom is 0.319 e. The average Bonchev–Trinajstić information content (AvgIpc) is 2.35. The van der Waals surface area contributed by atoms with E-state index < -0.39 is 0 Å². The van der Waals surface area contributed by atoms with Crippen molar-refractivity contribution in [2.75, 3.05) is 23.9 Å². The molecule has 1 atom stereocenters. The number of urea groups is 1. The third kappa shape index (κ3) is 5.42. The summed E-state index contributed by atoms with van der Waals surface area (Å²) in [4.78, 5) is 11.9. The summed E-state index contributed by atoms with van der Waals surface area (Å²) >= 11 is 5.07. The number of rotatable bonds is 6. The van der Waals surface area contributed by atoms with Gasteiger partial charge in [-0.05, 0) is 37.3 Å². The molecule has 6 heteroatoms. The van der Waals surface area contributed by atoms with Crippen molar-refractivity contribution in [3.63, 3.8) is 0 Å². The van der Waals surface area contributed by atoms with Gasteiger partial charge in [-0.1, -0.05) is 22.0 Å². The van der Waals surface area contributed by atoms with Crippen LogP contribution in [0.15, 0.2) is 22.7 Å². The minimum Gasteiger partial charge on any atom is -0.396 e. The van der Waals surface area contributed by atoms with E-state index in [1.807, 2.05) is 31.4 Å². The fraction of sp³-hybridized carbons (Fsp3) is 0.462. The van der Waals surface area contributed by atoms with Crippen LogP contribution in [0.4, 0.5) is 10.5 Å². The average molecular weight is 347 g/mol. The molecule has 0 saturated heterocycles. The summed E-state index contributed by atoms with van der Waals surface area (Å²) in [7, 11) is 0. The van der Waals surface area contributed by atoms with Gasteiger partial charge in [-0.2, -0.15) is 11.8 Å². The van der Waals surface area contributed by atoms with Crippen molar-refractivity contribution >= 4 is 39.4 Å². The highest BCUT2D eigenvalue weighted by Crippen LogP contribution is 2.23. The first-order valence-electron chi connectivity index (χ1n) is 6.01. The van der Waals surface area contributed by atoms with Crippen molar-refractivity contribution in [2.24, 2.45) is 0 Å². The standard InChI is InChI=1S/C13H19BrN2O2S/c1-9-11(14)4-3-5-12(9)16-13(18)15-10(6-7-17)8-19-2/h3-5,10,17H,6-8H2,1-2H3,(H2,15,16,18)/t10-/m1/s1. The number of anilines is 1. The van der Waals surface area contributed by atoms with Crippen LogP contribution in [0.1, 0.15) is 12.0 Å². The highest BCUT2D eigenvalue weighted by molar-refractivity contribution is 9.10. The first kappa shape index (κ1) is 16.3. The molecule has 0 aliphatic heterocycles. The number of aliphatic hydroxyl groups excluding tert-OH is 1. The summed E-state index contributed by atoms with van der Waals surface area (Å²) in [5, 5.41) is 14.7. The molecule has 4 nitrogen and oxygen atoms in total. The minimum atomic E-state index is -0.242. The molecular weight excluding hydrogens is 328 g/mol. The van der Waals surface area contributed by atoms with Crippen LogP contribution in [0.5, 0.6) is 0 Å². The number of halogens is 1. The first-order chi connectivity index (χ1) is 9.08. The summed E-state index contributed by atoms with van der Waals surface area (Å²) < 4.78 is 0.960. The molecule has 19 heavy (non-hydrogen) atoms. The lowest BCUT2D eigenvalue weighted by Gasteiger charge is -2.18. The first-order valence-corrected chi connectivity index (χ1v) is 8.19. The van der Waals surface area contributed by atoms with E-state index in [9.17, 15) is 4.79 Å². The van der Waals surface area contributed by atoms with Gasteiger partial charge in [0.2, 0.25) is 0 Å². The van der Waals surface area contributed by atoms with Gasteiger partial charge in [0, 0.05) is 28.6 Å². The Labute approximate surface area is 126 Å². The smallest absolute Gasteiger partial charge is 0.319 e. The summed E-state index contributed by atoms with van der Waals surface area (Å²) in [6, 6.07) is 5.40. The molecule has 3 N–H and O–H groups in total. The molecule has 106 valence electrons. The largest absolute Gasteiger partial charge is 0.396 e. The predicted molar refractivity (Wildman–Crippen MR) is 84.9 cm³/mol. The number of hydrogen-bond donors (Lipinski definition) is 3. The number of carbonyl (C=O) groups is 1. The molecule has 2 amide bonds. The maximum absolute atomic E-state index is 11.9. The molecule has 0 radical (unpaired) electrons. The summed E-state index contributed by atoms with van der Waals surface area (Å²) in [6.45, 7) is 2.01. The quantitative estimate of drug-likeness (QED) is 0.741. The zero-order valence-corrected chi connectivity index (χ0v) is 13.5. The van der Waals surface area contributed by atoms with E-state index in [-0.39, 0.29) is 18.7 Å². The Bertz CT molecular complexity index is 423. The van der Waals surface area contributed by atoms with E-state index in [1.165, 1.54) is 0 Å². The normalized spacial score (nSPS) is 12.0. The molecular formula is C13H19BrN2O2S. The van der Waals surface area contributed by atoms with E-state index >= 15 is 0 Å². The van der Waals surface area contributed by atoms with Crippen LogP contribution in [0.3, 0.4) is 0 Å². The molecule has 0 heterocycles. The van der Waals surface area contributed by atoms with Gasteiger partial charge in [-0.25, -0.2) is 4.79 Å². The van der Waals surface area contributed by atoms with Crippen molar-refractivity contribution < 1.29 is 9.90 Å². The molecule has 1 aromatic rings. The van der Waals surface area contributed by atoms with Crippen molar-refractivity contribution in [1.82, 2.24) is 5.32 Å². The molecule has 0 fully saturated rings. The number of aliphatic hydroxyl groups is 1. The Morgan fingerprint density at radius 3 is 2.89 bits per heavy atom. The van der Waals surface area contributed by atoms with E-state index in [0.717, 1.165) is 21.5 Å². The fourth-order valence-electron chi connectivity index (χ4n) is 1.64. The van der Waals surface area contributed by atoms with Gasteiger partial charge in [0.05, 0.1) is 0 Å². The highest BCUT2D eigenvalue weighted by Gasteiger charge is 2.12. The van der Waals surface area contributed by atoms with E-state index in [4.69, 9.17) is 5.11 Å². The predicted octanol–water partition coefficient (Wildman–Crippen LogP) is 2.99. The van der Waals surface area contributed by atoms with Gasteiger partial charge in [0.1, 0.15) is 0 Å². The number of benzene rings is 1. The minimum absolute atomic E-state index is 0.0209. The number of thioether (sulfide) groups is 1. The molecule has 0 aliphatic rings. The third-order valence-electron chi connectivity index (χ3n) is 2.70. The monoisotopic (exact) mass is 346 g/mol. The lowest BCUT2D eigenvalue weighted by Crippen LogP contribution is -2.40. The second kappa shape index (κ2) is 8.45. The molecule has 0 aliphatic carbocycles. The van der Waals surface area contributed by atoms with Gasteiger partial charge in [0.25, 0.3) is 0 Å². The van der Waals surface area contributed by atoms with Gasteiger partial charge in [0.15, 0.2) is 0 Å². The van der Waals surface area contributed by atoms with Crippen molar-refractivity contribution in [1.29, 1.82) is 0 Å². The number of nitrogens with one attached hydrogen (secondary N) is 2. The van der Waals surface area contributed by atoms with Crippen LogP contribution in [0.25, 0.3) is 0 Å². The van der Waals surface area contributed by atoms with Crippen LogP contribution in [-0.2, 0) is 0 Å². The fourth-order valence-corrected chi connectivity index (χ4v) is 2.66. The van der Waals surface area contributed by atoms with Crippen LogP contribution in [-0.4, -0.2) is 35.8 Å². The van der Waals surface area contributed by atoms with E-state index in [1.54, 1.807) is 11.8 Å². The van der Waals surface area contributed by atoms with Gasteiger partial charge in [-0.15, -0.1) is 0 Å². The molecule has 0 spiro atoms. The third-order valence-corrected chi connectivity index (χ3v) is 4.29. The Morgan fingerprint density at radius 2 is 2.26 bits per heavy atom. The van der Waals surface area contributed by atoms with Crippen LogP contribution >= 0.6 is 27.7 Å². The van der Waals surface area contributed by atoms with Gasteiger partial charge in [-0.3, -0.25) is 0 Å². The lowest BCUT2D eigenvalue weighted by atomic mass is 10.2. The lowest BCUT2D eigenvalue weighted by molar-refractivity contribution is 0.241. The van der Waals surface area contributed by atoms with Crippen molar-refractivity contribution in [3.05, 3.63) is 28.2 Å². The SMILES string of the molecule is CSC[C@@H](CCO)NC(=O)Nc1cccc(Br)c1C. The summed E-state index contributed by atoms with van der Waals surface area (Å²) in [6.07, 6.45) is 2.54. The number of carbonyl (C=O) groups excluding carboxylic acids is 1. The zero-order valence-electron chi connectivity index (χ0n) is 11.1. The second-order valence-corrected chi connectivity index (χ2v) is 5.94. The Kier molecular flexibility index (Phi) is 7.27. The molecule has 1 rings (SSSR count). The van der Waals surface area contributed by atoms with Crippen LogP contribution in [0.2, 0.25) is 0 Å². The van der Waals surface area contributed by atoms with Gasteiger partial charge >= 0.3 is 6.03 Å². The maximum atomic E-state index is 11.9. The topological polar surface area (TPSA) is 61.4 Å². The number of amides is 2. The Hall–Kier alpha value is -0.720. The van der Waals surface area contributed by atoms with Crippen molar-refractivity contribution in [2.45, 2.75) is 19.4 Å². The molecule has 0 bridgehead atoms. The molecule has 0 saturated carbocycles. The molecule has 0 unspecified atom stereocenters. The van der Waals surface area contributed by atoms with E-state index in [0.29, 0.717) is 6.42 Å². The zero-order chi connectivity index (χ0) is 14.3. The Balaban J connectivity index is 2.61. The van der Waals surface area contributed by atoms with Crippen molar-refractivity contribution in [3.8, 4) is 0 Å². The Morgan fingerprint density at radius 1 is 1.53 bits per heavy atom. The second-order valence-electron chi connectivity index (χ2n) is 4.18.